The molecule has 0 aliphatic rings. The Morgan fingerprint density at radius 2 is 2.00 bits per heavy atom. The number of rotatable bonds is 4. The molecule has 0 saturated heterocycles. The first kappa shape index (κ1) is 15.5. The van der Waals surface area contributed by atoms with Gasteiger partial charge >= 0.3 is 0 Å². The molecule has 0 atom stereocenters. The first-order valence-corrected chi connectivity index (χ1v) is 7.43. The Hall–Kier alpha value is -2.44. The molecule has 0 aliphatic carbocycles. The number of aromatic nitrogens is 3. The average Bonchev–Trinajstić information content (AvgIpc) is 2.90. The van der Waals surface area contributed by atoms with E-state index < -0.39 is 0 Å². The van der Waals surface area contributed by atoms with Gasteiger partial charge in [0.25, 0.3) is 5.56 Å². The van der Waals surface area contributed by atoms with Gasteiger partial charge in [0.05, 0.1) is 24.2 Å². The third-order valence-corrected chi connectivity index (χ3v) is 3.94. The van der Waals surface area contributed by atoms with Crippen LogP contribution >= 0.6 is 0 Å². The molecule has 0 amide bonds. The van der Waals surface area contributed by atoms with Crippen LogP contribution in [0.15, 0.2) is 35.3 Å². The van der Waals surface area contributed by atoms with Crippen LogP contribution in [-0.4, -0.2) is 30.9 Å². The van der Waals surface area contributed by atoms with Crippen molar-refractivity contribution in [1.29, 1.82) is 0 Å². The van der Waals surface area contributed by atoms with Crippen molar-refractivity contribution in [2.45, 2.75) is 20.1 Å². The number of aliphatic hydroxyl groups excluding tert-OH is 2. The summed E-state index contributed by atoms with van der Waals surface area (Å²) < 4.78 is 3.46. The molecule has 1 aromatic carbocycles. The van der Waals surface area contributed by atoms with Crippen molar-refractivity contribution < 1.29 is 10.2 Å². The molecule has 0 fully saturated rings. The second kappa shape index (κ2) is 5.98. The molecular weight excluding hydrogens is 294 g/mol. The molecule has 3 aromatic rings. The summed E-state index contributed by atoms with van der Waals surface area (Å²) >= 11 is 0. The average molecular weight is 313 g/mol. The van der Waals surface area contributed by atoms with Gasteiger partial charge in [-0.2, -0.15) is 0 Å². The Morgan fingerprint density at radius 1 is 1.22 bits per heavy atom. The number of benzene rings is 1. The van der Waals surface area contributed by atoms with Crippen molar-refractivity contribution in [1.82, 2.24) is 14.1 Å². The van der Waals surface area contributed by atoms with Crippen LogP contribution in [0.2, 0.25) is 0 Å². The van der Waals surface area contributed by atoms with Crippen LogP contribution in [-0.2, 0) is 20.2 Å². The monoisotopic (exact) mass is 313 g/mol. The first-order valence-electron chi connectivity index (χ1n) is 7.43. The number of aryl methyl sites for hydroxylation is 2. The van der Waals surface area contributed by atoms with Crippen molar-refractivity contribution in [2.75, 3.05) is 6.61 Å². The summed E-state index contributed by atoms with van der Waals surface area (Å²) in [5.41, 5.74) is 3.85. The van der Waals surface area contributed by atoms with Crippen molar-refractivity contribution >= 4 is 11.0 Å². The summed E-state index contributed by atoms with van der Waals surface area (Å²) in [7, 11) is 1.71. The normalized spacial score (nSPS) is 11.3. The van der Waals surface area contributed by atoms with Gasteiger partial charge in [-0.1, -0.05) is 6.07 Å². The number of hydrogen-bond donors (Lipinski definition) is 2. The minimum absolute atomic E-state index is 0.00897. The number of nitrogens with zero attached hydrogens (tertiary/aromatic N) is 3. The summed E-state index contributed by atoms with van der Waals surface area (Å²) in [6.07, 6.45) is 1.75. The van der Waals surface area contributed by atoms with E-state index in [0.29, 0.717) is 17.9 Å². The zero-order chi connectivity index (χ0) is 16.6. The van der Waals surface area contributed by atoms with Gasteiger partial charge < -0.3 is 19.3 Å². The number of hydrogen-bond acceptors (Lipinski definition) is 4. The van der Waals surface area contributed by atoms with E-state index in [2.05, 4.69) is 4.98 Å². The Balaban J connectivity index is 2.27. The summed E-state index contributed by atoms with van der Waals surface area (Å²) in [4.78, 5) is 16.5. The number of fused-ring (bicyclic) bond motifs is 1. The Labute approximate surface area is 133 Å². The number of imidazole rings is 1. The lowest BCUT2D eigenvalue weighted by Crippen LogP contribution is -2.19. The van der Waals surface area contributed by atoms with Crippen LogP contribution in [0.1, 0.15) is 11.1 Å². The molecule has 6 nitrogen and oxygen atoms in total. The molecule has 3 rings (SSSR count). The van der Waals surface area contributed by atoms with E-state index in [1.807, 2.05) is 28.8 Å². The van der Waals surface area contributed by atoms with Gasteiger partial charge in [-0.25, -0.2) is 4.98 Å². The van der Waals surface area contributed by atoms with Crippen molar-refractivity contribution in [2.24, 2.45) is 7.05 Å². The highest BCUT2D eigenvalue weighted by Crippen LogP contribution is 2.25. The third-order valence-electron chi connectivity index (χ3n) is 3.94. The molecule has 6 heteroatoms. The Kier molecular flexibility index (Phi) is 4.02. The topological polar surface area (TPSA) is 80.3 Å². The zero-order valence-electron chi connectivity index (χ0n) is 13.2. The molecule has 0 radical (unpaired) electrons. The van der Waals surface area contributed by atoms with E-state index in [1.165, 1.54) is 4.57 Å². The fourth-order valence-electron chi connectivity index (χ4n) is 2.82. The zero-order valence-corrected chi connectivity index (χ0v) is 13.2. The maximum absolute atomic E-state index is 11.9. The maximum Gasteiger partial charge on any atom is 0.253 e. The first-order chi connectivity index (χ1) is 11.0. The summed E-state index contributed by atoms with van der Waals surface area (Å²) in [5.74, 6) is 0.697. The van der Waals surface area contributed by atoms with Crippen molar-refractivity contribution in [3.63, 3.8) is 0 Å². The van der Waals surface area contributed by atoms with Gasteiger partial charge in [-0.3, -0.25) is 4.79 Å². The van der Waals surface area contributed by atoms with Crippen molar-refractivity contribution in [3.8, 4) is 11.4 Å². The van der Waals surface area contributed by atoms with Gasteiger partial charge in [-0.15, -0.1) is 0 Å². The highest BCUT2D eigenvalue weighted by molar-refractivity contribution is 5.81. The molecule has 120 valence electrons. The van der Waals surface area contributed by atoms with Gasteiger partial charge in [0.2, 0.25) is 0 Å². The third kappa shape index (κ3) is 2.67. The van der Waals surface area contributed by atoms with Crippen LogP contribution < -0.4 is 5.56 Å². The van der Waals surface area contributed by atoms with Crippen LogP contribution in [0.5, 0.6) is 0 Å². The predicted octanol–water partition coefficient (Wildman–Crippen LogP) is 1.20. The van der Waals surface area contributed by atoms with E-state index >= 15 is 0 Å². The highest BCUT2D eigenvalue weighted by atomic mass is 16.3. The van der Waals surface area contributed by atoms with Gasteiger partial charge in [0.15, 0.2) is 0 Å². The molecule has 23 heavy (non-hydrogen) atoms. The molecule has 0 spiro atoms. The standard InChI is InChI=1S/C17H19N3O3/c1-11-7-13(9-19(2)17(11)23)16-18-14-8-12(10-22)3-4-15(14)20(16)5-6-21/h3-4,7-9,21-22H,5-6,10H2,1-2H3. The minimum Gasteiger partial charge on any atom is -0.395 e. The number of pyridine rings is 1. The van der Waals surface area contributed by atoms with Gasteiger partial charge in [0.1, 0.15) is 5.82 Å². The largest absolute Gasteiger partial charge is 0.395 e. The van der Waals surface area contributed by atoms with Crippen molar-refractivity contribution in [3.05, 3.63) is 51.9 Å². The fraction of sp³-hybridized carbons (Fsp3) is 0.294. The molecule has 0 saturated carbocycles. The van der Waals surface area contributed by atoms with E-state index in [9.17, 15) is 15.0 Å². The maximum atomic E-state index is 11.9. The Bertz CT molecular complexity index is 898. The molecule has 2 N–H and O–H groups in total. The number of aliphatic hydroxyl groups is 2. The Morgan fingerprint density at radius 3 is 2.65 bits per heavy atom. The second-order valence-corrected chi connectivity index (χ2v) is 5.62. The summed E-state index contributed by atoms with van der Waals surface area (Å²) in [6.45, 7) is 2.13. The highest BCUT2D eigenvalue weighted by Gasteiger charge is 2.14. The van der Waals surface area contributed by atoms with E-state index in [4.69, 9.17) is 0 Å². The molecule has 0 unspecified atom stereocenters. The van der Waals surface area contributed by atoms with Crippen LogP contribution in [0.4, 0.5) is 0 Å². The van der Waals surface area contributed by atoms with E-state index in [0.717, 1.165) is 22.2 Å². The van der Waals surface area contributed by atoms with Crippen LogP contribution in [0, 0.1) is 6.92 Å². The minimum atomic E-state index is -0.0446. The summed E-state index contributed by atoms with van der Waals surface area (Å²) in [5, 5.41) is 18.7. The molecule has 0 aliphatic heterocycles. The fourth-order valence-corrected chi connectivity index (χ4v) is 2.82. The van der Waals surface area contributed by atoms with Gasteiger partial charge in [0, 0.05) is 30.9 Å². The lowest BCUT2D eigenvalue weighted by atomic mass is 10.2. The molecule has 2 heterocycles. The summed E-state index contributed by atoms with van der Waals surface area (Å²) in [6, 6.07) is 7.38. The molecule has 0 bridgehead atoms. The predicted molar refractivity (Wildman–Crippen MR) is 88.2 cm³/mol. The second-order valence-electron chi connectivity index (χ2n) is 5.62. The molecular formula is C17H19N3O3. The lowest BCUT2D eigenvalue weighted by Gasteiger charge is -2.09. The van der Waals surface area contributed by atoms with Crippen LogP contribution in [0.25, 0.3) is 22.4 Å². The van der Waals surface area contributed by atoms with Gasteiger partial charge in [-0.05, 0) is 30.7 Å². The molecule has 2 aromatic heterocycles. The SMILES string of the molecule is Cc1cc(-c2nc3cc(CO)ccc3n2CCO)cn(C)c1=O. The van der Waals surface area contributed by atoms with E-state index in [1.54, 1.807) is 20.2 Å². The smallest absolute Gasteiger partial charge is 0.253 e. The quantitative estimate of drug-likeness (QED) is 0.758. The van der Waals surface area contributed by atoms with Crippen LogP contribution in [0.3, 0.4) is 0 Å². The lowest BCUT2D eigenvalue weighted by molar-refractivity contribution is 0.278. The van der Waals surface area contributed by atoms with E-state index in [-0.39, 0.29) is 18.8 Å².